The summed E-state index contributed by atoms with van der Waals surface area (Å²) in [4.78, 5) is 33.6. The van der Waals surface area contributed by atoms with Gasteiger partial charge in [-0.3, -0.25) is 9.36 Å². The lowest BCUT2D eigenvalue weighted by atomic mass is 9.91. The summed E-state index contributed by atoms with van der Waals surface area (Å²) in [6.45, 7) is 6.57. The first-order valence-corrected chi connectivity index (χ1v) is 18.2. The van der Waals surface area contributed by atoms with Gasteiger partial charge in [0.2, 0.25) is 0 Å². The standard InChI is InChI=1S/C39H34Br2N2O5S/c1-5-47-38(45)33-34(27-9-7-6-8-10-27)42-39-43(35(33)28-15-13-26(14-16-28)23(2)3)37(44)32(49-39)21-25-19-30(41)36(31(20-25)46-4)48-22-24-11-17-29(40)18-12-24/h6-21,23,35H,5,22H2,1-4H3/b32-21-/t35-/m1/s1. The quantitative estimate of drug-likeness (QED) is 0.133. The number of hydrogen-bond acceptors (Lipinski definition) is 7. The molecular formula is C39H34Br2N2O5S. The van der Waals surface area contributed by atoms with Crippen LogP contribution < -0.4 is 24.4 Å². The van der Waals surface area contributed by atoms with Crippen LogP contribution in [0.3, 0.4) is 0 Å². The Bertz CT molecular complexity index is 2210. The van der Waals surface area contributed by atoms with E-state index in [9.17, 15) is 9.59 Å². The van der Waals surface area contributed by atoms with Gasteiger partial charge in [-0.1, -0.05) is 108 Å². The molecule has 0 bridgehead atoms. The maximum atomic E-state index is 14.4. The summed E-state index contributed by atoms with van der Waals surface area (Å²) < 4.78 is 21.2. The van der Waals surface area contributed by atoms with E-state index in [-0.39, 0.29) is 12.2 Å². The highest BCUT2D eigenvalue weighted by Crippen LogP contribution is 2.38. The first kappa shape index (κ1) is 34.6. The van der Waals surface area contributed by atoms with E-state index in [1.54, 1.807) is 18.6 Å². The van der Waals surface area contributed by atoms with E-state index in [1.807, 2.05) is 97.1 Å². The molecule has 0 aliphatic carbocycles. The Morgan fingerprint density at radius 2 is 1.71 bits per heavy atom. The molecule has 5 aromatic rings. The molecule has 0 fully saturated rings. The maximum absolute atomic E-state index is 14.4. The summed E-state index contributed by atoms with van der Waals surface area (Å²) in [5.74, 6) is 0.889. The number of aromatic nitrogens is 1. The summed E-state index contributed by atoms with van der Waals surface area (Å²) >= 11 is 8.39. The Morgan fingerprint density at radius 3 is 2.37 bits per heavy atom. The lowest BCUT2D eigenvalue weighted by Gasteiger charge is -2.26. The molecule has 49 heavy (non-hydrogen) atoms. The summed E-state index contributed by atoms with van der Waals surface area (Å²) in [5.41, 5.74) is 5.00. The van der Waals surface area contributed by atoms with Gasteiger partial charge in [0.15, 0.2) is 16.3 Å². The van der Waals surface area contributed by atoms with Crippen molar-refractivity contribution in [1.82, 2.24) is 4.57 Å². The zero-order valence-corrected chi connectivity index (χ0v) is 31.4. The van der Waals surface area contributed by atoms with Crippen LogP contribution in [0.1, 0.15) is 60.5 Å². The third kappa shape index (κ3) is 7.37. The van der Waals surface area contributed by atoms with Crippen molar-refractivity contribution in [2.24, 2.45) is 4.99 Å². The van der Waals surface area contributed by atoms with E-state index >= 15 is 0 Å². The van der Waals surface area contributed by atoms with Gasteiger partial charge in [-0.05, 0) is 81.4 Å². The molecule has 0 spiro atoms. The fourth-order valence-electron chi connectivity index (χ4n) is 5.67. The minimum atomic E-state index is -0.746. The predicted octanol–water partition coefficient (Wildman–Crippen LogP) is 8.17. The fraction of sp³-hybridized carbons (Fsp3) is 0.205. The smallest absolute Gasteiger partial charge is 0.338 e. The van der Waals surface area contributed by atoms with Crippen LogP contribution in [0.2, 0.25) is 0 Å². The molecule has 4 aromatic carbocycles. The summed E-state index contributed by atoms with van der Waals surface area (Å²) in [6, 6.07) is 28.5. The van der Waals surface area contributed by atoms with Crippen LogP contribution in [-0.2, 0) is 16.1 Å². The first-order chi connectivity index (χ1) is 23.7. The summed E-state index contributed by atoms with van der Waals surface area (Å²) in [7, 11) is 1.58. The van der Waals surface area contributed by atoms with Gasteiger partial charge in [-0.15, -0.1) is 0 Å². The van der Waals surface area contributed by atoms with Crippen molar-refractivity contribution in [2.45, 2.75) is 39.3 Å². The Morgan fingerprint density at radius 1 is 1.00 bits per heavy atom. The lowest BCUT2D eigenvalue weighted by Crippen LogP contribution is -2.40. The van der Waals surface area contributed by atoms with E-state index in [0.29, 0.717) is 49.1 Å². The minimum absolute atomic E-state index is 0.188. The van der Waals surface area contributed by atoms with Gasteiger partial charge in [0.25, 0.3) is 5.56 Å². The van der Waals surface area contributed by atoms with E-state index in [4.69, 9.17) is 19.2 Å². The zero-order chi connectivity index (χ0) is 34.7. The summed E-state index contributed by atoms with van der Waals surface area (Å²) in [5, 5.41) is 0. The average Bonchev–Trinajstić information content (AvgIpc) is 3.41. The van der Waals surface area contributed by atoms with Gasteiger partial charge in [0, 0.05) is 10.0 Å². The second kappa shape index (κ2) is 15.1. The lowest BCUT2D eigenvalue weighted by molar-refractivity contribution is -0.138. The highest BCUT2D eigenvalue weighted by Gasteiger charge is 2.35. The van der Waals surface area contributed by atoms with Crippen molar-refractivity contribution in [3.63, 3.8) is 0 Å². The minimum Gasteiger partial charge on any atom is -0.493 e. The normalized spacial score (nSPS) is 14.4. The van der Waals surface area contributed by atoms with Gasteiger partial charge in [0.1, 0.15) is 6.61 Å². The fourth-order valence-corrected chi connectivity index (χ4v) is 7.51. The SMILES string of the molecule is CCOC(=O)C1=C(c2ccccc2)N=c2s/c(=C\c3cc(Br)c(OCc4ccc(Br)cc4)c(OC)c3)c(=O)n2[C@@H]1c1ccc(C(C)C)cc1. The van der Waals surface area contributed by atoms with Crippen LogP contribution in [0.4, 0.5) is 0 Å². The average molecular weight is 803 g/mol. The molecule has 1 aromatic heterocycles. The zero-order valence-electron chi connectivity index (χ0n) is 27.4. The largest absolute Gasteiger partial charge is 0.493 e. The maximum Gasteiger partial charge on any atom is 0.338 e. The van der Waals surface area contributed by atoms with Crippen molar-refractivity contribution in [1.29, 1.82) is 0 Å². The second-order valence-corrected chi connectivity index (χ2v) is 14.5. The molecule has 10 heteroatoms. The monoisotopic (exact) mass is 800 g/mol. The van der Waals surface area contributed by atoms with Crippen LogP contribution in [0.5, 0.6) is 11.5 Å². The Labute approximate surface area is 305 Å². The highest BCUT2D eigenvalue weighted by atomic mass is 79.9. The van der Waals surface area contributed by atoms with Gasteiger partial charge >= 0.3 is 5.97 Å². The van der Waals surface area contributed by atoms with Crippen molar-refractivity contribution >= 4 is 60.9 Å². The number of ether oxygens (including phenoxy) is 3. The number of carbonyl (C=O) groups is 1. The molecule has 1 aliphatic rings. The number of nitrogens with zero attached hydrogens (tertiary/aromatic N) is 2. The van der Waals surface area contributed by atoms with Crippen molar-refractivity contribution < 1.29 is 19.0 Å². The molecule has 1 atom stereocenters. The predicted molar refractivity (Wildman–Crippen MR) is 201 cm³/mol. The first-order valence-electron chi connectivity index (χ1n) is 15.8. The second-order valence-electron chi connectivity index (χ2n) is 11.7. The third-order valence-corrected chi connectivity index (χ3v) is 10.2. The number of hydrogen-bond donors (Lipinski definition) is 0. The van der Waals surface area contributed by atoms with E-state index in [1.165, 1.54) is 11.3 Å². The number of benzene rings is 4. The van der Waals surface area contributed by atoms with Crippen LogP contribution in [0, 0.1) is 0 Å². The number of methoxy groups -OCH3 is 1. The number of fused-ring (bicyclic) bond motifs is 1. The highest BCUT2D eigenvalue weighted by molar-refractivity contribution is 9.10. The van der Waals surface area contributed by atoms with Gasteiger partial charge in [-0.2, -0.15) is 0 Å². The molecule has 0 radical (unpaired) electrons. The van der Waals surface area contributed by atoms with Crippen molar-refractivity contribution in [3.8, 4) is 11.5 Å². The van der Waals surface area contributed by atoms with Crippen LogP contribution in [0.25, 0.3) is 11.8 Å². The molecule has 1 aliphatic heterocycles. The van der Waals surface area contributed by atoms with Gasteiger partial charge in [0.05, 0.1) is 40.0 Å². The van der Waals surface area contributed by atoms with Gasteiger partial charge in [-0.25, -0.2) is 9.79 Å². The number of rotatable bonds is 10. The molecule has 0 unspecified atom stereocenters. The molecule has 0 saturated carbocycles. The number of thiazole rings is 1. The summed E-state index contributed by atoms with van der Waals surface area (Å²) in [6.07, 6.45) is 1.81. The molecule has 0 saturated heterocycles. The molecule has 6 rings (SSSR count). The molecular weight excluding hydrogens is 768 g/mol. The van der Waals surface area contributed by atoms with Crippen LogP contribution in [-0.4, -0.2) is 24.3 Å². The molecule has 250 valence electrons. The van der Waals surface area contributed by atoms with E-state index in [2.05, 4.69) is 45.7 Å². The Balaban J connectivity index is 1.49. The Kier molecular flexibility index (Phi) is 10.7. The Hall–Kier alpha value is -4.25. The van der Waals surface area contributed by atoms with Crippen LogP contribution >= 0.6 is 43.2 Å². The van der Waals surface area contributed by atoms with E-state index < -0.39 is 12.0 Å². The van der Waals surface area contributed by atoms with Crippen molar-refractivity contribution in [3.05, 3.63) is 153 Å². The van der Waals surface area contributed by atoms with Gasteiger partial charge < -0.3 is 14.2 Å². The number of halogens is 2. The van der Waals surface area contributed by atoms with Crippen LogP contribution in [0.15, 0.2) is 115 Å². The van der Waals surface area contributed by atoms with E-state index in [0.717, 1.165) is 32.3 Å². The topological polar surface area (TPSA) is 79.1 Å². The number of carbonyl (C=O) groups excluding carboxylic acids is 1. The molecule has 2 heterocycles. The molecule has 0 N–H and O–H groups in total. The van der Waals surface area contributed by atoms with Crippen molar-refractivity contribution in [2.75, 3.05) is 13.7 Å². The third-order valence-electron chi connectivity index (χ3n) is 8.14. The molecule has 0 amide bonds. The number of esters is 1. The molecule has 7 nitrogen and oxygen atoms in total.